The highest BCUT2D eigenvalue weighted by molar-refractivity contribution is 5.97. The van der Waals surface area contributed by atoms with E-state index in [1.54, 1.807) is 0 Å². The van der Waals surface area contributed by atoms with Crippen LogP contribution in [-0.2, 0) is 4.79 Å². The Bertz CT molecular complexity index is 594. The molecular formula is C19H28N2O2. The van der Waals surface area contributed by atoms with Crippen molar-refractivity contribution in [1.82, 2.24) is 9.80 Å². The highest BCUT2D eigenvalue weighted by atomic mass is 16.2. The Hall–Kier alpha value is -1.68. The van der Waals surface area contributed by atoms with Gasteiger partial charge in [-0.2, -0.15) is 0 Å². The average Bonchev–Trinajstić information content (AvgIpc) is 2.49. The van der Waals surface area contributed by atoms with Crippen molar-refractivity contribution in [3.8, 4) is 0 Å². The molecule has 1 aliphatic rings. The molecule has 0 bridgehead atoms. The van der Waals surface area contributed by atoms with Crippen molar-refractivity contribution in [2.75, 3.05) is 32.7 Å². The van der Waals surface area contributed by atoms with Gasteiger partial charge in [-0.05, 0) is 31.0 Å². The molecule has 0 aromatic heterocycles. The maximum atomic E-state index is 12.4. The summed E-state index contributed by atoms with van der Waals surface area (Å²) in [5.41, 5.74) is 2.80. The van der Waals surface area contributed by atoms with Gasteiger partial charge < -0.3 is 4.90 Å². The first-order valence-corrected chi connectivity index (χ1v) is 8.30. The van der Waals surface area contributed by atoms with E-state index in [2.05, 4.69) is 11.8 Å². The summed E-state index contributed by atoms with van der Waals surface area (Å²) in [6.07, 6.45) is 0. The average molecular weight is 316 g/mol. The Kier molecular flexibility index (Phi) is 5.25. The number of hydrogen-bond acceptors (Lipinski definition) is 3. The van der Waals surface area contributed by atoms with Gasteiger partial charge in [0.2, 0.25) is 5.91 Å². The van der Waals surface area contributed by atoms with E-state index >= 15 is 0 Å². The molecule has 1 aromatic rings. The van der Waals surface area contributed by atoms with Crippen LogP contribution in [0.5, 0.6) is 0 Å². The van der Waals surface area contributed by atoms with Gasteiger partial charge in [0, 0.05) is 37.2 Å². The Morgan fingerprint density at radius 2 is 1.61 bits per heavy atom. The molecule has 0 saturated carbocycles. The van der Waals surface area contributed by atoms with Crippen molar-refractivity contribution in [3.63, 3.8) is 0 Å². The van der Waals surface area contributed by atoms with Crippen LogP contribution in [0.4, 0.5) is 0 Å². The summed E-state index contributed by atoms with van der Waals surface area (Å²) < 4.78 is 0. The van der Waals surface area contributed by atoms with Crippen molar-refractivity contribution >= 4 is 11.7 Å². The first-order chi connectivity index (χ1) is 10.7. The molecule has 126 valence electrons. The SMILES string of the molecule is Cc1ccc(C(=O)CN2CCN(C(=O)C(C)(C)C)CC2)cc1C. The number of amides is 1. The summed E-state index contributed by atoms with van der Waals surface area (Å²) in [6.45, 7) is 13.3. The summed E-state index contributed by atoms with van der Waals surface area (Å²) in [5, 5.41) is 0. The maximum absolute atomic E-state index is 12.4. The lowest BCUT2D eigenvalue weighted by atomic mass is 9.94. The molecule has 0 N–H and O–H groups in total. The van der Waals surface area contributed by atoms with Crippen molar-refractivity contribution < 1.29 is 9.59 Å². The zero-order valence-electron chi connectivity index (χ0n) is 15.0. The second-order valence-electron chi connectivity index (χ2n) is 7.54. The first-order valence-electron chi connectivity index (χ1n) is 8.30. The number of aryl methyl sites for hydroxylation is 2. The van der Waals surface area contributed by atoms with Crippen LogP contribution < -0.4 is 0 Å². The fourth-order valence-electron chi connectivity index (χ4n) is 2.79. The van der Waals surface area contributed by atoms with Gasteiger partial charge in [-0.25, -0.2) is 0 Å². The normalized spacial score (nSPS) is 16.5. The molecule has 4 nitrogen and oxygen atoms in total. The van der Waals surface area contributed by atoms with E-state index in [0.717, 1.165) is 24.2 Å². The molecule has 1 aromatic carbocycles. The number of ketones is 1. The van der Waals surface area contributed by atoms with Crippen molar-refractivity contribution in [3.05, 3.63) is 34.9 Å². The van der Waals surface area contributed by atoms with E-state index in [0.29, 0.717) is 19.6 Å². The number of piperazine rings is 1. The largest absolute Gasteiger partial charge is 0.340 e. The first kappa shape index (κ1) is 17.7. The van der Waals surface area contributed by atoms with E-state index in [4.69, 9.17) is 0 Å². The van der Waals surface area contributed by atoms with Gasteiger partial charge in [-0.1, -0.05) is 32.9 Å². The lowest BCUT2D eigenvalue weighted by molar-refractivity contribution is -0.141. The Balaban J connectivity index is 1.90. The zero-order chi connectivity index (χ0) is 17.2. The number of hydrogen-bond donors (Lipinski definition) is 0. The van der Waals surface area contributed by atoms with Crippen LogP contribution >= 0.6 is 0 Å². The molecule has 2 rings (SSSR count). The smallest absolute Gasteiger partial charge is 0.228 e. The summed E-state index contributed by atoms with van der Waals surface area (Å²) >= 11 is 0. The highest BCUT2D eigenvalue weighted by Gasteiger charge is 2.30. The number of carbonyl (C=O) groups excluding carboxylic acids is 2. The number of Topliss-reactive ketones (excluding diaryl/α,β-unsaturated/α-hetero) is 1. The number of carbonyl (C=O) groups is 2. The maximum Gasteiger partial charge on any atom is 0.228 e. The molecule has 1 amide bonds. The molecule has 0 atom stereocenters. The molecule has 1 aliphatic heterocycles. The molecule has 4 heteroatoms. The van der Waals surface area contributed by atoms with Gasteiger partial charge in [-0.15, -0.1) is 0 Å². The lowest BCUT2D eigenvalue weighted by Gasteiger charge is -2.37. The van der Waals surface area contributed by atoms with E-state index in [-0.39, 0.29) is 17.1 Å². The molecule has 1 heterocycles. The van der Waals surface area contributed by atoms with Gasteiger partial charge >= 0.3 is 0 Å². The van der Waals surface area contributed by atoms with Gasteiger partial charge in [0.15, 0.2) is 5.78 Å². The van der Waals surface area contributed by atoms with E-state index < -0.39 is 0 Å². The predicted octanol–water partition coefficient (Wildman–Crippen LogP) is 2.68. The number of benzene rings is 1. The molecule has 1 fully saturated rings. The molecule has 0 spiro atoms. The lowest BCUT2D eigenvalue weighted by Crippen LogP contribution is -2.52. The number of nitrogens with zero attached hydrogens (tertiary/aromatic N) is 2. The minimum atomic E-state index is -0.336. The van der Waals surface area contributed by atoms with Gasteiger partial charge in [0.1, 0.15) is 0 Å². The minimum absolute atomic E-state index is 0.156. The molecule has 1 saturated heterocycles. The van der Waals surface area contributed by atoms with Gasteiger partial charge in [-0.3, -0.25) is 14.5 Å². The Morgan fingerprint density at radius 3 is 2.13 bits per heavy atom. The van der Waals surface area contributed by atoms with Gasteiger partial charge in [0.25, 0.3) is 0 Å². The second-order valence-corrected chi connectivity index (χ2v) is 7.54. The standard InChI is InChI=1S/C19H28N2O2/c1-14-6-7-16(12-15(14)2)17(22)13-20-8-10-21(11-9-20)18(23)19(3,4)5/h6-7,12H,8-11,13H2,1-5H3. The third-order valence-electron chi connectivity index (χ3n) is 4.50. The summed E-state index contributed by atoms with van der Waals surface area (Å²) in [7, 11) is 0. The topological polar surface area (TPSA) is 40.6 Å². The van der Waals surface area contributed by atoms with E-state index in [1.807, 2.05) is 50.8 Å². The van der Waals surface area contributed by atoms with Crippen LogP contribution in [0.25, 0.3) is 0 Å². The Labute approximate surface area is 139 Å². The second kappa shape index (κ2) is 6.83. The van der Waals surface area contributed by atoms with Crippen molar-refractivity contribution in [2.24, 2.45) is 5.41 Å². The van der Waals surface area contributed by atoms with Crippen LogP contribution in [0.15, 0.2) is 18.2 Å². The summed E-state index contributed by atoms with van der Waals surface area (Å²) in [6, 6.07) is 5.88. The van der Waals surface area contributed by atoms with Crippen molar-refractivity contribution in [2.45, 2.75) is 34.6 Å². The molecule has 23 heavy (non-hydrogen) atoms. The summed E-state index contributed by atoms with van der Waals surface area (Å²) in [5.74, 6) is 0.348. The van der Waals surface area contributed by atoms with Crippen LogP contribution in [0.2, 0.25) is 0 Å². The Morgan fingerprint density at radius 1 is 1.00 bits per heavy atom. The quantitative estimate of drug-likeness (QED) is 0.805. The van der Waals surface area contributed by atoms with Crippen LogP contribution in [0, 0.1) is 19.3 Å². The molecular weight excluding hydrogens is 288 g/mol. The third-order valence-corrected chi connectivity index (χ3v) is 4.50. The predicted molar refractivity (Wildman–Crippen MR) is 92.7 cm³/mol. The van der Waals surface area contributed by atoms with Crippen LogP contribution in [0.1, 0.15) is 42.3 Å². The highest BCUT2D eigenvalue weighted by Crippen LogP contribution is 2.19. The zero-order valence-corrected chi connectivity index (χ0v) is 15.0. The van der Waals surface area contributed by atoms with Gasteiger partial charge in [0.05, 0.1) is 6.54 Å². The van der Waals surface area contributed by atoms with Crippen LogP contribution in [-0.4, -0.2) is 54.2 Å². The third kappa shape index (κ3) is 4.41. The van der Waals surface area contributed by atoms with Crippen molar-refractivity contribution in [1.29, 1.82) is 0 Å². The fraction of sp³-hybridized carbons (Fsp3) is 0.579. The number of rotatable bonds is 3. The molecule has 0 radical (unpaired) electrons. The van der Waals surface area contributed by atoms with E-state index in [1.165, 1.54) is 5.56 Å². The minimum Gasteiger partial charge on any atom is -0.340 e. The fourth-order valence-corrected chi connectivity index (χ4v) is 2.79. The monoisotopic (exact) mass is 316 g/mol. The molecule has 0 unspecified atom stereocenters. The van der Waals surface area contributed by atoms with Crippen LogP contribution in [0.3, 0.4) is 0 Å². The summed E-state index contributed by atoms with van der Waals surface area (Å²) in [4.78, 5) is 28.8. The van der Waals surface area contributed by atoms with E-state index in [9.17, 15) is 9.59 Å². The molecule has 0 aliphatic carbocycles.